The van der Waals surface area contributed by atoms with Crippen LogP contribution in [0.15, 0.2) is 194 Å². The molecule has 2 nitrogen and oxygen atoms in total. The molecule has 0 saturated carbocycles. The van der Waals surface area contributed by atoms with Crippen LogP contribution in [0.4, 0.5) is 11.4 Å². The van der Waals surface area contributed by atoms with Crippen LogP contribution in [0.2, 0.25) is 0 Å². The molecule has 0 radical (unpaired) electrons. The van der Waals surface area contributed by atoms with Gasteiger partial charge in [0.2, 0.25) is 0 Å². The molecule has 9 aromatic rings. The quantitative estimate of drug-likeness (QED) is 0.200. The SMILES string of the molecule is c1ccc(Nc2cccc(-c3ccccc3-c3ccc4c(c3)C3(c5ccccc5-4)c4ccc5ccccc5c4Oc4c3ccc3ccccc43)c2)cc1. The Hall–Kier alpha value is -6.90. The minimum absolute atomic E-state index is 0.590. The molecule has 1 spiro atoms. The van der Waals surface area contributed by atoms with Gasteiger partial charge in [-0.15, -0.1) is 0 Å². The van der Waals surface area contributed by atoms with Crippen molar-refractivity contribution in [2.75, 3.05) is 5.32 Å². The average molecular weight is 676 g/mol. The maximum absolute atomic E-state index is 7.16. The Morgan fingerprint density at radius 3 is 1.58 bits per heavy atom. The van der Waals surface area contributed by atoms with Crippen molar-refractivity contribution in [2.45, 2.75) is 5.41 Å². The lowest BCUT2D eigenvalue weighted by atomic mass is 9.65. The van der Waals surface area contributed by atoms with Crippen LogP contribution < -0.4 is 10.1 Å². The van der Waals surface area contributed by atoms with E-state index in [0.717, 1.165) is 33.6 Å². The summed E-state index contributed by atoms with van der Waals surface area (Å²) in [4.78, 5) is 0. The minimum Gasteiger partial charge on any atom is -0.455 e. The molecule has 0 bridgehead atoms. The highest BCUT2D eigenvalue weighted by atomic mass is 16.5. The Morgan fingerprint density at radius 2 is 0.887 bits per heavy atom. The van der Waals surface area contributed by atoms with Crippen LogP contribution in [0.5, 0.6) is 11.5 Å². The molecule has 11 rings (SSSR count). The summed E-state index contributed by atoms with van der Waals surface area (Å²) in [5, 5.41) is 8.18. The standard InChI is InChI=1S/C51H33NO/c1-2-16-37(17-3-1)52-38-18-12-15-35(31-38)39-19-8-9-20-40(39)36-25-28-44-43-23-10-11-24-45(43)51(48(44)32-36)46-29-26-33-13-4-6-21-41(33)49(46)53-50-42-22-7-5-14-34(42)27-30-47(50)51/h1-32,52H. The number of para-hydroxylation sites is 1. The van der Waals surface area contributed by atoms with Crippen molar-refractivity contribution in [1.29, 1.82) is 0 Å². The maximum Gasteiger partial charge on any atom is 0.140 e. The molecule has 1 aliphatic heterocycles. The van der Waals surface area contributed by atoms with Gasteiger partial charge in [-0.25, -0.2) is 0 Å². The van der Waals surface area contributed by atoms with Crippen molar-refractivity contribution < 1.29 is 4.74 Å². The van der Waals surface area contributed by atoms with E-state index in [2.05, 4.69) is 193 Å². The van der Waals surface area contributed by atoms with Gasteiger partial charge in [0.1, 0.15) is 11.5 Å². The summed E-state index contributed by atoms with van der Waals surface area (Å²) in [5.74, 6) is 1.87. The van der Waals surface area contributed by atoms with E-state index >= 15 is 0 Å². The average Bonchev–Trinajstić information content (AvgIpc) is 3.51. The van der Waals surface area contributed by atoms with Gasteiger partial charge in [0, 0.05) is 33.3 Å². The van der Waals surface area contributed by atoms with E-state index in [9.17, 15) is 0 Å². The number of ether oxygens (including phenoxy) is 1. The van der Waals surface area contributed by atoms with Crippen LogP contribution in [-0.4, -0.2) is 0 Å². The molecular formula is C51H33NO. The largest absolute Gasteiger partial charge is 0.455 e. The monoisotopic (exact) mass is 675 g/mol. The second-order valence-corrected chi connectivity index (χ2v) is 14.1. The van der Waals surface area contributed by atoms with Crippen LogP contribution in [0.3, 0.4) is 0 Å². The van der Waals surface area contributed by atoms with Gasteiger partial charge in [-0.2, -0.15) is 0 Å². The molecule has 248 valence electrons. The Bertz CT molecular complexity index is 2820. The third-order valence-corrected chi connectivity index (χ3v) is 11.3. The Kier molecular flexibility index (Phi) is 6.50. The van der Waals surface area contributed by atoms with Gasteiger partial charge in [0.05, 0.1) is 5.41 Å². The lowest BCUT2D eigenvalue weighted by Crippen LogP contribution is -2.32. The van der Waals surface area contributed by atoms with Crippen molar-refractivity contribution in [3.63, 3.8) is 0 Å². The summed E-state index contributed by atoms with van der Waals surface area (Å²) in [7, 11) is 0. The third-order valence-electron chi connectivity index (χ3n) is 11.3. The Morgan fingerprint density at radius 1 is 0.340 bits per heavy atom. The summed E-state index contributed by atoms with van der Waals surface area (Å²) in [6, 6.07) is 70.3. The first-order valence-corrected chi connectivity index (χ1v) is 18.3. The van der Waals surface area contributed by atoms with Crippen molar-refractivity contribution in [1.82, 2.24) is 0 Å². The van der Waals surface area contributed by atoms with Gasteiger partial charge >= 0.3 is 0 Å². The molecule has 0 unspecified atom stereocenters. The zero-order valence-electron chi connectivity index (χ0n) is 28.9. The highest BCUT2D eigenvalue weighted by Gasteiger charge is 2.51. The van der Waals surface area contributed by atoms with Crippen LogP contribution in [-0.2, 0) is 5.41 Å². The van der Waals surface area contributed by atoms with E-state index in [1.807, 2.05) is 6.07 Å². The van der Waals surface area contributed by atoms with Crippen LogP contribution in [0.25, 0.3) is 54.9 Å². The van der Waals surface area contributed by atoms with E-state index in [-0.39, 0.29) is 0 Å². The fraction of sp³-hybridized carbons (Fsp3) is 0.0196. The number of anilines is 2. The predicted octanol–water partition coefficient (Wildman–Crippen LogP) is 13.5. The number of benzene rings is 9. The fourth-order valence-corrected chi connectivity index (χ4v) is 9.01. The topological polar surface area (TPSA) is 21.3 Å². The molecule has 1 aliphatic carbocycles. The van der Waals surface area contributed by atoms with E-state index in [1.165, 1.54) is 66.4 Å². The van der Waals surface area contributed by atoms with E-state index < -0.39 is 5.41 Å². The third kappa shape index (κ3) is 4.39. The number of fused-ring (bicyclic) bond motifs is 13. The molecular weight excluding hydrogens is 643 g/mol. The molecule has 9 aromatic carbocycles. The zero-order valence-corrected chi connectivity index (χ0v) is 28.9. The van der Waals surface area contributed by atoms with Crippen LogP contribution in [0, 0.1) is 0 Å². The summed E-state index contributed by atoms with van der Waals surface area (Å²) in [6.07, 6.45) is 0. The highest BCUT2D eigenvalue weighted by Crippen LogP contribution is 2.64. The molecule has 1 heterocycles. The molecule has 0 saturated heterocycles. The minimum atomic E-state index is -0.590. The van der Waals surface area contributed by atoms with E-state index in [1.54, 1.807) is 0 Å². The first-order valence-electron chi connectivity index (χ1n) is 18.3. The summed E-state index contributed by atoms with van der Waals surface area (Å²) >= 11 is 0. The lowest BCUT2D eigenvalue weighted by Gasteiger charge is -2.40. The van der Waals surface area contributed by atoms with Crippen molar-refractivity contribution >= 4 is 32.9 Å². The summed E-state index contributed by atoms with van der Waals surface area (Å²) in [6.45, 7) is 0. The van der Waals surface area contributed by atoms with Gasteiger partial charge in [-0.1, -0.05) is 164 Å². The maximum atomic E-state index is 7.16. The van der Waals surface area contributed by atoms with Gasteiger partial charge in [0.25, 0.3) is 0 Å². The number of hydrogen-bond donors (Lipinski definition) is 1. The van der Waals surface area contributed by atoms with Crippen molar-refractivity contribution in [2.24, 2.45) is 0 Å². The van der Waals surface area contributed by atoms with Crippen LogP contribution >= 0.6 is 0 Å². The Balaban J connectivity index is 1.17. The molecule has 0 aromatic heterocycles. The molecule has 53 heavy (non-hydrogen) atoms. The molecule has 2 heteroatoms. The number of hydrogen-bond acceptors (Lipinski definition) is 2. The number of nitrogens with one attached hydrogen (secondary N) is 1. The van der Waals surface area contributed by atoms with E-state index in [0.29, 0.717) is 0 Å². The molecule has 1 N–H and O–H groups in total. The summed E-state index contributed by atoms with van der Waals surface area (Å²) in [5.41, 5.74) is 13.7. The smallest absolute Gasteiger partial charge is 0.140 e. The van der Waals surface area contributed by atoms with Gasteiger partial charge in [-0.3, -0.25) is 0 Å². The van der Waals surface area contributed by atoms with Gasteiger partial charge in [-0.05, 0) is 85.6 Å². The molecule has 0 amide bonds. The first-order chi connectivity index (χ1) is 26.3. The molecule has 0 atom stereocenters. The second kappa shape index (κ2) is 11.6. The predicted molar refractivity (Wildman–Crippen MR) is 219 cm³/mol. The normalized spacial score (nSPS) is 13.2. The zero-order chi connectivity index (χ0) is 34.9. The number of rotatable bonds is 4. The highest BCUT2D eigenvalue weighted by molar-refractivity contribution is 6.00. The van der Waals surface area contributed by atoms with Gasteiger partial charge < -0.3 is 10.1 Å². The Labute approximate surface area is 308 Å². The second-order valence-electron chi connectivity index (χ2n) is 14.1. The molecule has 2 aliphatic rings. The van der Waals surface area contributed by atoms with Crippen molar-refractivity contribution in [3.05, 3.63) is 216 Å². The van der Waals surface area contributed by atoms with E-state index in [4.69, 9.17) is 4.74 Å². The lowest BCUT2D eigenvalue weighted by molar-refractivity contribution is 0.447. The fourth-order valence-electron chi connectivity index (χ4n) is 9.01. The van der Waals surface area contributed by atoms with Crippen molar-refractivity contribution in [3.8, 4) is 44.9 Å². The summed E-state index contributed by atoms with van der Waals surface area (Å²) < 4.78 is 7.16. The first kappa shape index (κ1) is 29.8. The van der Waals surface area contributed by atoms with Crippen LogP contribution in [0.1, 0.15) is 22.3 Å². The van der Waals surface area contributed by atoms with Gasteiger partial charge in [0.15, 0.2) is 0 Å². The molecule has 0 fully saturated rings.